The number of fused-ring (bicyclic) bond motifs is 2. The van der Waals surface area contributed by atoms with Crippen LogP contribution in [-0.2, 0) is 11.2 Å². The molecule has 25 heavy (non-hydrogen) atoms. The van der Waals surface area contributed by atoms with Gasteiger partial charge in [-0.3, -0.25) is 4.79 Å². The van der Waals surface area contributed by atoms with E-state index in [4.69, 9.17) is 9.47 Å². The Bertz CT molecular complexity index is 955. The molecule has 5 heteroatoms. The standard InChI is InChI=1S/C20H16BrNO3/c21-16-11-18-19(25-8-7-24-18)12-17(16)22-20(23)10-13-5-6-14-3-1-2-4-15(14)9-13/h1-6,9,11-12H,7-8,10H2,(H,22,23). The average molecular weight is 398 g/mol. The van der Waals surface area contributed by atoms with E-state index < -0.39 is 0 Å². The number of rotatable bonds is 3. The van der Waals surface area contributed by atoms with E-state index in [1.807, 2.05) is 42.5 Å². The molecule has 1 heterocycles. The van der Waals surface area contributed by atoms with Gasteiger partial charge in [-0.1, -0.05) is 42.5 Å². The quantitative estimate of drug-likeness (QED) is 0.704. The molecular formula is C20H16BrNO3. The summed E-state index contributed by atoms with van der Waals surface area (Å²) in [4.78, 5) is 12.4. The summed E-state index contributed by atoms with van der Waals surface area (Å²) >= 11 is 3.47. The number of anilines is 1. The van der Waals surface area contributed by atoms with Crippen molar-refractivity contribution in [2.45, 2.75) is 6.42 Å². The molecule has 0 saturated heterocycles. The molecule has 4 rings (SSSR count). The van der Waals surface area contributed by atoms with Crippen LogP contribution < -0.4 is 14.8 Å². The van der Waals surface area contributed by atoms with Gasteiger partial charge in [0.1, 0.15) is 13.2 Å². The molecule has 0 unspecified atom stereocenters. The molecule has 0 saturated carbocycles. The number of hydrogen-bond donors (Lipinski definition) is 1. The van der Waals surface area contributed by atoms with Crippen molar-refractivity contribution in [3.63, 3.8) is 0 Å². The van der Waals surface area contributed by atoms with Crippen molar-refractivity contribution in [3.8, 4) is 11.5 Å². The summed E-state index contributed by atoms with van der Waals surface area (Å²) in [6.45, 7) is 1.05. The molecule has 0 aliphatic carbocycles. The van der Waals surface area contributed by atoms with Crippen molar-refractivity contribution in [1.29, 1.82) is 0 Å². The lowest BCUT2D eigenvalue weighted by Gasteiger charge is -2.20. The van der Waals surface area contributed by atoms with Gasteiger partial charge in [-0.05, 0) is 32.3 Å². The molecule has 0 aromatic heterocycles. The summed E-state index contributed by atoms with van der Waals surface area (Å²) in [6, 6.07) is 17.8. The monoisotopic (exact) mass is 397 g/mol. The summed E-state index contributed by atoms with van der Waals surface area (Å²) in [5, 5.41) is 5.24. The minimum Gasteiger partial charge on any atom is -0.486 e. The minimum atomic E-state index is -0.0762. The lowest BCUT2D eigenvalue weighted by molar-refractivity contribution is -0.115. The summed E-state index contributed by atoms with van der Waals surface area (Å²) in [5.41, 5.74) is 1.65. The predicted molar refractivity (Wildman–Crippen MR) is 101 cm³/mol. The van der Waals surface area contributed by atoms with Crippen LogP contribution >= 0.6 is 15.9 Å². The predicted octanol–water partition coefficient (Wildman–Crippen LogP) is 4.55. The van der Waals surface area contributed by atoms with Crippen LogP contribution in [-0.4, -0.2) is 19.1 Å². The van der Waals surface area contributed by atoms with Gasteiger partial charge in [-0.15, -0.1) is 0 Å². The highest BCUT2D eigenvalue weighted by atomic mass is 79.9. The van der Waals surface area contributed by atoms with E-state index in [1.165, 1.54) is 5.39 Å². The Balaban J connectivity index is 1.51. The topological polar surface area (TPSA) is 47.6 Å². The van der Waals surface area contributed by atoms with E-state index in [9.17, 15) is 4.79 Å². The number of halogens is 1. The Hall–Kier alpha value is -2.53. The largest absolute Gasteiger partial charge is 0.486 e. The van der Waals surface area contributed by atoms with E-state index in [0.717, 1.165) is 15.4 Å². The maximum Gasteiger partial charge on any atom is 0.228 e. The maximum absolute atomic E-state index is 12.4. The first-order chi connectivity index (χ1) is 12.2. The van der Waals surface area contributed by atoms with Crippen LogP contribution in [0.5, 0.6) is 11.5 Å². The smallest absolute Gasteiger partial charge is 0.228 e. The fourth-order valence-corrected chi connectivity index (χ4v) is 3.31. The van der Waals surface area contributed by atoms with Crippen molar-refractivity contribution < 1.29 is 14.3 Å². The normalized spacial score (nSPS) is 12.8. The molecule has 1 amide bonds. The molecule has 3 aromatic rings. The van der Waals surface area contributed by atoms with Gasteiger partial charge in [-0.2, -0.15) is 0 Å². The van der Waals surface area contributed by atoms with Gasteiger partial charge in [0.2, 0.25) is 5.91 Å². The highest BCUT2D eigenvalue weighted by molar-refractivity contribution is 9.10. The molecular weight excluding hydrogens is 382 g/mol. The Morgan fingerprint density at radius 1 is 0.960 bits per heavy atom. The zero-order valence-corrected chi connectivity index (χ0v) is 15.0. The van der Waals surface area contributed by atoms with Crippen molar-refractivity contribution >= 4 is 38.3 Å². The van der Waals surface area contributed by atoms with Crippen LogP contribution in [0.3, 0.4) is 0 Å². The Morgan fingerprint density at radius 2 is 1.68 bits per heavy atom. The summed E-state index contributed by atoms with van der Waals surface area (Å²) in [6.07, 6.45) is 0.311. The first-order valence-electron chi connectivity index (χ1n) is 8.06. The number of carbonyl (C=O) groups is 1. The third kappa shape index (κ3) is 3.46. The molecule has 1 aliphatic heterocycles. The molecule has 0 radical (unpaired) electrons. The second-order valence-corrected chi connectivity index (χ2v) is 6.74. The third-order valence-corrected chi connectivity index (χ3v) is 4.74. The lowest BCUT2D eigenvalue weighted by Crippen LogP contribution is -2.17. The molecule has 126 valence electrons. The molecule has 0 atom stereocenters. The minimum absolute atomic E-state index is 0.0762. The first kappa shape index (κ1) is 16.0. The average Bonchev–Trinajstić information content (AvgIpc) is 2.62. The van der Waals surface area contributed by atoms with E-state index >= 15 is 0 Å². The van der Waals surface area contributed by atoms with Crippen molar-refractivity contribution in [3.05, 3.63) is 64.6 Å². The number of nitrogens with one attached hydrogen (secondary N) is 1. The van der Waals surface area contributed by atoms with E-state index in [0.29, 0.717) is 36.8 Å². The van der Waals surface area contributed by atoms with Gasteiger partial charge in [0.15, 0.2) is 11.5 Å². The number of benzene rings is 3. The van der Waals surface area contributed by atoms with Crippen molar-refractivity contribution in [1.82, 2.24) is 0 Å². The van der Waals surface area contributed by atoms with Gasteiger partial charge < -0.3 is 14.8 Å². The Morgan fingerprint density at radius 3 is 2.48 bits per heavy atom. The molecule has 1 N–H and O–H groups in total. The van der Waals surface area contributed by atoms with E-state index in [1.54, 1.807) is 6.07 Å². The maximum atomic E-state index is 12.4. The van der Waals surface area contributed by atoms with Gasteiger partial charge in [0.25, 0.3) is 0 Å². The van der Waals surface area contributed by atoms with Gasteiger partial charge >= 0.3 is 0 Å². The van der Waals surface area contributed by atoms with Gasteiger partial charge in [0, 0.05) is 16.6 Å². The number of amides is 1. The van der Waals surface area contributed by atoms with Crippen LogP contribution in [0, 0.1) is 0 Å². The number of carbonyl (C=O) groups excluding carboxylic acids is 1. The van der Waals surface area contributed by atoms with Crippen LogP contribution in [0.1, 0.15) is 5.56 Å². The van der Waals surface area contributed by atoms with Crippen LogP contribution in [0.2, 0.25) is 0 Å². The molecule has 0 fully saturated rings. The molecule has 0 spiro atoms. The second kappa shape index (κ2) is 6.76. The van der Waals surface area contributed by atoms with Crippen LogP contribution in [0.25, 0.3) is 10.8 Å². The highest BCUT2D eigenvalue weighted by Crippen LogP contribution is 2.38. The molecule has 0 bridgehead atoms. The van der Waals surface area contributed by atoms with Crippen LogP contribution in [0.15, 0.2) is 59.1 Å². The lowest BCUT2D eigenvalue weighted by atomic mass is 10.0. The summed E-state index contributed by atoms with van der Waals surface area (Å²) in [5.74, 6) is 1.26. The SMILES string of the molecule is O=C(Cc1ccc2ccccc2c1)Nc1cc2c(cc1Br)OCCO2. The molecule has 4 nitrogen and oxygen atoms in total. The van der Waals surface area contributed by atoms with E-state index in [2.05, 4.69) is 27.3 Å². The van der Waals surface area contributed by atoms with Gasteiger partial charge in [-0.25, -0.2) is 0 Å². The molecule has 1 aliphatic rings. The van der Waals surface area contributed by atoms with Gasteiger partial charge in [0.05, 0.1) is 12.1 Å². The number of hydrogen-bond acceptors (Lipinski definition) is 3. The zero-order chi connectivity index (χ0) is 17.2. The highest BCUT2D eigenvalue weighted by Gasteiger charge is 2.16. The first-order valence-corrected chi connectivity index (χ1v) is 8.85. The Labute approximate surface area is 153 Å². The Kier molecular flexibility index (Phi) is 4.32. The number of ether oxygens (including phenoxy) is 2. The second-order valence-electron chi connectivity index (χ2n) is 5.88. The van der Waals surface area contributed by atoms with Crippen molar-refractivity contribution in [2.75, 3.05) is 18.5 Å². The van der Waals surface area contributed by atoms with Crippen molar-refractivity contribution in [2.24, 2.45) is 0 Å². The summed E-state index contributed by atoms with van der Waals surface area (Å²) < 4.78 is 11.9. The molecule has 3 aromatic carbocycles. The van der Waals surface area contributed by atoms with Crippen LogP contribution in [0.4, 0.5) is 5.69 Å². The fraction of sp³-hybridized carbons (Fsp3) is 0.150. The summed E-state index contributed by atoms with van der Waals surface area (Å²) in [7, 11) is 0. The fourth-order valence-electron chi connectivity index (χ4n) is 2.89. The van der Waals surface area contributed by atoms with E-state index in [-0.39, 0.29) is 5.91 Å². The zero-order valence-electron chi connectivity index (χ0n) is 13.4. The third-order valence-electron chi connectivity index (χ3n) is 4.08.